The fraction of sp³-hybridized carbons (Fsp3) is 0.944. The Labute approximate surface area is 147 Å². The molecule has 2 aliphatic heterocycles. The summed E-state index contributed by atoms with van der Waals surface area (Å²) in [6.45, 7) is 2.20. The minimum atomic E-state index is -2.22. The van der Waals surface area contributed by atoms with Gasteiger partial charge in [-0.1, -0.05) is 0 Å². The van der Waals surface area contributed by atoms with Gasteiger partial charge in [0, 0.05) is 24.9 Å². The lowest BCUT2D eigenvalue weighted by Crippen LogP contribution is -2.39. The maximum Gasteiger partial charge on any atom is 0.306 e. The Hall–Kier alpha value is -0.790. The van der Waals surface area contributed by atoms with Crippen LogP contribution in [0.3, 0.4) is 0 Å². The maximum absolute atomic E-state index is 12.8. The summed E-state index contributed by atoms with van der Waals surface area (Å²) in [5.74, 6) is -0.0278. The summed E-state index contributed by atoms with van der Waals surface area (Å²) in [7, 11) is 0. The van der Waals surface area contributed by atoms with Gasteiger partial charge in [-0.2, -0.15) is 0 Å². The molecule has 0 aromatic rings. The molecule has 0 aromatic carbocycles. The number of hydrogen-bond donors (Lipinski definition) is 3. The highest BCUT2D eigenvalue weighted by Crippen LogP contribution is 2.36. The van der Waals surface area contributed by atoms with Gasteiger partial charge in [-0.3, -0.25) is 4.79 Å². The molecular formula is C18H30F2N2O3. The third kappa shape index (κ3) is 5.11. The smallest absolute Gasteiger partial charge is 0.306 e. The van der Waals surface area contributed by atoms with Crippen LogP contribution in [-0.4, -0.2) is 55.4 Å². The molecule has 4 atom stereocenters. The number of halogens is 2. The molecule has 0 aromatic heterocycles. The highest BCUT2D eigenvalue weighted by Gasteiger charge is 2.40. The molecular weight excluding hydrogens is 330 g/mol. The minimum absolute atomic E-state index is 0.0752. The van der Waals surface area contributed by atoms with Crippen LogP contribution in [0, 0.1) is 17.8 Å². The van der Waals surface area contributed by atoms with Crippen LogP contribution in [0.25, 0.3) is 0 Å². The molecule has 3 fully saturated rings. The quantitative estimate of drug-likeness (QED) is 0.629. The zero-order valence-electron chi connectivity index (χ0n) is 14.6. The largest absolute Gasteiger partial charge is 0.458 e. The lowest BCUT2D eigenvalue weighted by atomic mass is 9.79. The normalized spacial score (nSPS) is 39.0. The Morgan fingerprint density at radius 1 is 1.12 bits per heavy atom. The second-order valence-corrected chi connectivity index (χ2v) is 7.95. The standard InChI is InChI=1S/C18H30F2N2O3/c19-18(20)13-3-1-11(2-4-13)7-14-17(15(23)10-22-14)25-16(24)8-12-5-6-21-9-12/h11-15,17-18,21-23H,1-10H2/t11?,12-,13?,14+,15-,17-/m0/s1. The van der Waals surface area contributed by atoms with Crippen molar-refractivity contribution in [2.24, 2.45) is 17.8 Å². The lowest BCUT2D eigenvalue weighted by molar-refractivity contribution is -0.155. The predicted molar refractivity (Wildman–Crippen MR) is 89.3 cm³/mol. The molecule has 0 radical (unpaired) electrons. The number of carbonyl (C=O) groups is 1. The summed E-state index contributed by atoms with van der Waals surface area (Å²) < 4.78 is 31.1. The zero-order chi connectivity index (χ0) is 17.8. The number of carbonyl (C=O) groups excluding carboxylic acids is 1. The van der Waals surface area contributed by atoms with Crippen molar-refractivity contribution in [1.29, 1.82) is 0 Å². The summed E-state index contributed by atoms with van der Waals surface area (Å²) in [6.07, 6.45) is 1.44. The number of nitrogens with one attached hydrogen (secondary N) is 2. The second kappa shape index (κ2) is 8.73. The molecule has 3 N–H and O–H groups in total. The average molecular weight is 360 g/mol. The van der Waals surface area contributed by atoms with E-state index in [0.29, 0.717) is 37.6 Å². The topological polar surface area (TPSA) is 70.6 Å². The van der Waals surface area contributed by atoms with E-state index in [1.165, 1.54) is 0 Å². The van der Waals surface area contributed by atoms with E-state index in [1.807, 2.05) is 0 Å². The molecule has 2 saturated heterocycles. The number of aliphatic hydroxyl groups is 1. The van der Waals surface area contributed by atoms with Crippen molar-refractivity contribution in [3.8, 4) is 0 Å². The summed E-state index contributed by atoms with van der Waals surface area (Å²) >= 11 is 0. The molecule has 0 bridgehead atoms. The molecule has 1 aliphatic carbocycles. The van der Waals surface area contributed by atoms with E-state index in [-0.39, 0.29) is 12.0 Å². The van der Waals surface area contributed by atoms with Gasteiger partial charge in [0.2, 0.25) is 6.43 Å². The van der Waals surface area contributed by atoms with Crippen molar-refractivity contribution in [3.05, 3.63) is 0 Å². The maximum atomic E-state index is 12.8. The molecule has 0 amide bonds. The summed E-state index contributed by atoms with van der Waals surface area (Å²) in [6, 6.07) is -0.0752. The molecule has 2 heterocycles. The number of ether oxygens (including phenoxy) is 1. The predicted octanol–water partition coefficient (Wildman–Crippen LogP) is 1.69. The highest BCUT2D eigenvalue weighted by molar-refractivity contribution is 5.70. The monoisotopic (exact) mass is 360 g/mol. The number of alkyl halides is 2. The van der Waals surface area contributed by atoms with E-state index >= 15 is 0 Å². The molecule has 0 unspecified atom stereocenters. The van der Waals surface area contributed by atoms with Crippen LogP contribution in [0.2, 0.25) is 0 Å². The first-order chi connectivity index (χ1) is 12.0. The Morgan fingerprint density at radius 3 is 2.52 bits per heavy atom. The van der Waals surface area contributed by atoms with Crippen molar-refractivity contribution in [1.82, 2.24) is 10.6 Å². The molecule has 5 nitrogen and oxygen atoms in total. The molecule has 1 saturated carbocycles. The van der Waals surface area contributed by atoms with E-state index in [0.717, 1.165) is 38.8 Å². The molecule has 25 heavy (non-hydrogen) atoms. The van der Waals surface area contributed by atoms with Gasteiger partial charge in [-0.05, 0) is 63.5 Å². The highest BCUT2D eigenvalue weighted by atomic mass is 19.3. The first-order valence-electron chi connectivity index (χ1n) is 9.62. The van der Waals surface area contributed by atoms with Crippen molar-refractivity contribution in [2.75, 3.05) is 19.6 Å². The van der Waals surface area contributed by atoms with Crippen LogP contribution < -0.4 is 10.6 Å². The van der Waals surface area contributed by atoms with Gasteiger partial charge >= 0.3 is 5.97 Å². The first-order valence-corrected chi connectivity index (χ1v) is 9.62. The van der Waals surface area contributed by atoms with Crippen molar-refractivity contribution >= 4 is 5.97 Å². The lowest BCUT2D eigenvalue weighted by Gasteiger charge is -2.31. The molecule has 144 valence electrons. The fourth-order valence-corrected chi connectivity index (χ4v) is 4.51. The van der Waals surface area contributed by atoms with E-state index < -0.39 is 24.6 Å². The van der Waals surface area contributed by atoms with Crippen LogP contribution in [0.5, 0.6) is 0 Å². The SMILES string of the molecule is O=C(C[C@@H]1CCNC1)O[C@@H]1[C@@H](O)CN[C@@H]1CC1CCC(C(F)F)CC1. The van der Waals surface area contributed by atoms with Gasteiger partial charge in [-0.15, -0.1) is 0 Å². The van der Waals surface area contributed by atoms with Crippen LogP contribution in [-0.2, 0) is 9.53 Å². The second-order valence-electron chi connectivity index (χ2n) is 7.95. The van der Waals surface area contributed by atoms with Crippen molar-refractivity contribution in [3.63, 3.8) is 0 Å². The first kappa shape index (κ1) is 19.0. The fourth-order valence-electron chi connectivity index (χ4n) is 4.51. The van der Waals surface area contributed by atoms with Gasteiger partial charge < -0.3 is 20.5 Å². The summed E-state index contributed by atoms with van der Waals surface area (Å²) in [5, 5.41) is 16.6. The van der Waals surface area contributed by atoms with Gasteiger partial charge in [0.1, 0.15) is 12.2 Å². The minimum Gasteiger partial charge on any atom is -0.458 e. The van der Waals surface area contributed by atoms with Crippen LogP contribution in [0.1, 0.15) is 44.9 Å². The van der Waals surface area contributed by atoms with Gasteiger partial charge in [0.15, 0.2) is 0 Å². The Kier molecular flexibility index (Phi) is 6.63. The molecule has 3 aliphatic rings. The number of esters is 1. The van der Waals surface area contributed by atoms with E-state index in [4.69, 9.17) is 4.74 Å². The Bertz CT molecular complexity index is 438. The Morgan fingerprint density at radius 2 is 1.88 bits per heavy atom. The van der Waals surface area contributed by atoms with Gasteiger partial charge in [0.25, 0.3) is 0 Å². The third-order valence-corrected chi connectivity index (χ3v) is 6.09. The van der Waals surface area contributed by atoms with Crippen LogP contribution >= 0.6 is 0 Å². The van der Waals surface area contributed by atoms with Crippen molar-refractivity contribution < 1.29 is 23.4 Å². The van der Waals surface area contributed by atoms with Crippen LogP contribution in [0.4, 0.5) is 8.78 Å². The van der Waals surface area contributed by atoms with E-state index in [9.17, 15) is 18.7 Å². The number of aliphatic hydroxyl groups excluding tert-OH is 1. The van der Waals surface area contributed by atoms with E-state index in [2.05, 4.69) is 10.6 Å². The average Bonchev–Trinajstić information content (AvgIpc) is 3.20. The summed E-state index contributed by atoms with van der Waals surface area (Å²) in [4.78, 5) is 12.2. The zero-order valence-corrected chi connectivity index (χ0v) is 14.6. The van der Waals surface area contributed by atoms with E-state index in [1.54, 1.807) is 0 Å². The molecule has 7 heteroatoms. The van der Waals surface area contributed by atoms with Gasteiger partial charge in [0.05, 0.1) is 0 Å². The molecule has 3 rings (SSSR count). The number of hydrogen-bond acceptors (Lipinski definition) is 5. The molecule has 0 spiro atoms. The summed E-state index contributed by atoms with van der Waals surface area (Å²) in [5.41, 5.74) is 0. The van der Waals surface area contributed by atoms with Crippen LogP contribution in [0.15, 0.2) is 0 Å². The van der Waals surface area contributed by atoms with Crippen molar-refractivity contribution in [2.45, 2.75) is 69.6 Å². The number of β-amino-alcohol motifs (C(OH)–C–C–N with tert-alkyl or cyclic N) is 1. The Balaban J connectivity index is 1.46. The number of rotatable bonds is 6. The third-order valence-electron chi connectivity index (χ3n) is 6.09. The van der Waals surface area contributed by atoms with Gasteiger partial charge in [-0.25, -0.2) is 8.78 Å².